The molecule has 0 aliphatic rings. The average molecular weight is 538 g/mol. The molecule has 0 radical (unpaired) electrons. The van der Waals surface area contributed by atoms with Gasteiger partial charge in [-0.15, -0.1) is 0 Å². The maximum absolute atomic E-state index is 12.0. The van der Waals surface area contributed by atoms with Crippen LogP contribution in [0.3, 0.4) is 0 Å². The van der Waals surface area contributed by atoms with Crippen LogP contribution < -0.4 is 10.2 Å². The highest BCUT2D eigenvalue weighted by molar-refractivity contribution is 14.1. The van der Waals surface area contributed by atoms with E-state index in [9.17, 15) is 4.79 Å². The summed E-state index contributed by atoms with van der Waals surface area (Å²) < 4.78 is 8.07. The number of carbonyl (C=O) groups excluding carboxylic acids is 1. The fraction of sp³-hybridized carbons (Fsp3) is 0.0667. The lowest BCUT2D eigenvalue weighted by molar-refractivity contribution is 0.0955. The van der Waals surface area contributed by atoms with Crippen molar-refractivity contribution in [2.24, 2.45) is 5.10 Å². The fourth-order valence-corrected chi connectivity index (χ4v) is 3.50. The second-order valence-corrected chi connectivity index (χ2v) is 7.23. The quantitative estimate of drug-likeness (QED) is 0.352. The molecule has 0 aliphatic heterocycles. The third-order valence-corrected chi connectivity index (χ3v) is 4.48. The van der Waals surface area contributed by atoms with Gasteiger partial charge < -0.3 is 4.74 Å². The molecule has 4 nitrogen and oxygen atoms in total. The van der Waals surface area contributed by atoms with E-state index in [1.165, 1.54) is 0 Å². The first-order valence-electron chi connectivity index (χ1n) is 6.13. The van der Waals surface area contributed by atoms with Gasteiger partial charge in [-0.05, 0) is 74.9 Å². The van der Waals surface area contributed by atoms with Gasteiger partial charge in [0, 0.05) is 19.2 Å². The van der Waals surface area contributed by atoms with Crippen LogP contribution in [0.4, 0.5) is 0 Å². The molecular formula is C15H11Br2IN2O2. The SMILES string of the molecule is COc1c(Br)cc(Br)cc1/C=N\NC(=O)c1ccc(I)cc1. The van der Waals surface area contributed by atoms with E-state index >= 15 is 0 Å². The van der Waals surface area contributed by atoms with Gasteiger partial charge in [0.25, 0.3) is 5.91 Å². The van der Waals surface area contributed by atoms with Gasteiger partial charge >= 0.3 is 0 Å². The van der Waals surface area contributed by atoms with Gasteiger partial charge in [-0.3, -0.25) is 4.79 Å². The van der Waals surface area contributed by atoms with Crippen molar-refractivity contribution in [3.8, 4) is 5.75 Å². The molecule has 2 aromatic rings. The Morgan fingerprint density at radius 3 is 2.59 bits per heavy atom. The van der Waals surface area contributed by atoms with E-state index in [4.69, 9.17) is 4.74 Å². The second-order valence-electron chi connectivity index (χ2n) is 4.22. The molecule has 0 aliphatic carbocycles. The fourth-order valence-electron chi connectivity index (χ4n) is 1.72. The first-order chi connectivity index (χ1) is 10.5. The van der Waals surface area contributed by atoms with Crippen molar-refractivity contribution in [1.29, 1.82) is 0 Å². The van der Waals surface area contributed by atoms with E-state index in [-0.39, 0.29) is 5.91 Å². The highest BCUT2D eigenvalue weighted by Crippen LogP contribution is 2.31. The van der Waals surface area contributed by atoms with Crippen molar-refractivity contribution in [1.82, 2.24) is 5.43 Å². The van der Waals surface area contributed by atoms with Crippen LogP contribution in [0.15, 0.2) is 50.4 Å². The van der Waals surface area contributed by atoms with Crippen molar-refractivity contribution in [2.45, 2.75) is 0 Å². The number of amides is 1. The van der Waals surface area contributed by atoms with Crippen molar-refractivity contribution in [2.75, 3.05) is 7.11 Å². The minimum absolute atomic E-state index is 0.263. The molecule has 0 saturated heterocycles. The number of methoxy groups -OCH3 is 1. The van der Waals surface area contributed by atoms with Crippen LogP contribution in [-0.2, 0) is 0 Å². The number of hydrazone groups is 1. The van der Waals surface area contributed by atoms with Gasteiger partial charge in [-0.25, -0.2) is 5.43 Å². The predicted molar refractivity (Wildman–Crippen MR) is 103 cm³/mol. The molecule has 0 aromatic heterocycles. The van der Waals surface area contributed by atoms with E-state index in [1.807, 2.05) is 24.3 Å². The Morgan fingerprint density at radius 1 is 1.27 bits per heavy atom. The van der Waals surface area contributed by atoms with Crippen molar-refractivity contribution < 1.29 is 9.53 Å². The second kappa shape index (κ2) is 8.07. The number of hydrogen-bond acceptors (Lipinski definition) is 3. The lowest BCUT2D eigenvalue weighted by atomic mass is 10.2. The molecule has 7 heteroatoms. The maximum atomic E-state index is 12.0. The van der Waals surface area contributed by atoms with Crippen molar-refractivity contribution >= 4 is 66.6 Å². The summed E-state index contributed by atoms with van der Waals surface area (Å²) in [6.07, 6.45) is 1.54. The summed E-state index contributed by atoms with van der Waals surface area (Å²) in [4.78, 5) is 12.0. The molecule has 0 saturated carbocycles. The zero-order valence-electron chi connectivity index (χ0n) is 11.4. The average Bonchev–Trinajstić information content (AvgIpc) is 2.47. The first-order valence-corrected chi connectivity index (χ1v) is 8.79. The number of ether oxygens (including phenoxy) is 1. The Morgan fingerprint density at radius 2 is 1.95 bits per heavy atom. The molecule has 0 heterocycles. The van der Waals surface area contributed by atoms with Gasteiger partial charge in [0.1, 0.15) is 5.75 Å². The molecule has 0 bridgehead atoms. The summed E-state index contributed by atoms with van der Waals surface area (Å²) in [7, 11) is 1.58. The van der Waals surface area contributed by atoms with Crippen LogP contribution in [0.25, 0.3) is 0 Å². The van der Waals surface area contributed by atoms with Crippen LogP contribution in [0.5, 0.6) is 5.75 Å². The van der Waals surface area contributed by atoms with E-state index in [1.54, 1.807) is 25.5 Å². The van der Waals surface area contributed by atoms with Crippen LogP contribution in [-0.4, -0.2) is 19.2 Å². The van der Waals surface area contributed by atoms with E-state index < -0.39 is 0 Å². The van der Waals surface area contributed by atoms with Gasteiger partial charge in [0.15, 0.2) is 0 Å². The van der Waals surface area contributed by atoms with Crippen molar-refractivity contribution in [3.63, 3.8) is 0 Å². The lowest BCUT2D eigenvalue weighted by Gasteiger charge is -2.07. The van der Waals surface area contributed by atoms with Gasteiger partial charge in [-0.1, -0.05) is 15.9 Å². The number of hydrogen-bond donors (Lipinski definition) is 1. The maximum Gasteiger partial charge on any atom is 0.271 e. The third kappa shape index (κ3) is 4.53. The van der Waals surface area contributed by atoms with Crippen LogP contribution in [0, 0.1) is 3.57 Å². The zero-order valence-corrected chi connectivity index (χ0v) is 16.8. The standard InChI is InChI=1S/C15H11Br2IN2O2/c1-22-14-10(6-11(16)7-13(14)17)8-19-20-15(21)9-2-4-12(18)5-3-9/h2-8H,1H3,(H,20,21)/b19-8-. The van der Waals surface area contributed by atoms with Gasteiger partial charge in [-0.2, -0.15) is 5.10 Å². The first kappa shape index (κ1) is 17.4. The molecule has 1 N–H and O–H groups in total. The molecule has 0 fully saturated rings. The number of benzene rings is 2. The monoisotopic (exact) mass is 536 g/mol. The predicted octanol–water partition coefficient (Wildman–Crippen LogP) is 4.59. The summed E-state index contributed by atoms with van der Waals surface area (Å²) >= 11 is 9.01. The minimum atomic E-state index is -0.263. The van der Waals surface area contributed by atoms with E-state index in [0.29, 0.717) is 11.3 Å². The van der Waals surface area contributed by atoms with Crippen molar-refractivity contribution in [3.05, 3.63) is 60.0 Å². The molecule has 0 atom stereocenters. The molecule has 22 heavy (non-hydrogen) atoms. The molecule has 2 aromatic carbocycles. The zero-order chi connectivity index (χ0) is 16.1. The normalized spacial score (nSPS) is 10.7. The topological polar surface area (TPSA) is 50.7 Å². The number of rotatable bonds is 4. The molecule has 1 amide bonds. The number of nitrogens with zero attached hydrogens (tertiary/aromatic N) is 1. The van der Waals surface area contributed by atoms with Crippen LogP contribution in [0.2, 0.25) is 0 Å². The summed E-state index contributed by atoms with van der Waals surface area (Å²) in [6.45, 7) is 0. The lowest BCUT2D eigenvalue weighted by Crippen LogP contribution is -2.17. The Bertz CT molecular complexity index is 718. The largest absolute Gasteiger partial charge is 0.495 e. The highest BCUT2D eigenvalue weighted by atomic mass is 127. The Balaban J connectivity index is 2.12. The Hall–Kier alpha value is -0.930. The summed E-state index contributed by atoms with van der Waals surface area (Å²) in [5.74, 6) is 0.385. The Labute approximate surface area is 158 Å². The number of nitrogens with one attached hydrogen (secondary N) is 1. The molecule has 0 unspecified atom stereocenters. The molecular weight excluding hydrogens is 527 g/mol. The molecule has 2 rings (SSSR count). The number of carbonyl (C=O) groups is 1. The molecule has 114 valence electrons. The van der Waals surface area contributed by atoms with Crippen LogP contribution in [0.1, 0.15) is 15.9 Å². The van der Waals surface area contributed by atoms with E-state index in [2.05, 4.69) is 65.0 Å². The summed E-state index contributed by atoms with van der Waals surface area (Å²) in [5, 5.41) is 3.98. The van der Waals surface area contributed by atoms with Gasteiger partial charge in [0.05, 0.1) is 17.8 Å². The Kier molecular flexibility index (Phi) is 6.39. The van der Waals surface area contributed by atoms with Crippen LogP contribution >= 0.6 is 54.5 Å². The minimum Gasteiger partial charge on any atom is -0.495 e. The van der Waals surface area contributed by atoms with E-state index in [0.717, 1.165) is 18.1 Å². The third-order valence-electron chi connectivity index (χ3n) is 2.72. The smallest absolute Gasteiger partial charge is 0.271 e. The van der Waals surface area contributed by atoms with Gasteiger partial charge in [0.2, 0.25) is 0 Å². The molecule has 0 spiro atoms. The number of halogens is 3. The summed E-state index contributed by atoms with van der Waals surface area (Å²) in [5.41, 5.74) is 3.80. The summed E-state index contributed by atoms with van der Waals surface area (Å²) in [6, 6.07) is 11.0. The highest BCUT2D eigenvalue weighted by Gasteiger charge is 2.08.